The first kappa shape index (κ1) is 19.2. The zero-order chi connectivity index (χ0) is 19.4. The summed E-state index contributed by atoms with van der Waals surface area (Å²) in [5.74, 6) is 0.584. The van der Waals surface area contributed by atoms with E-state index in [4.69, 9.17) is 16.3 Å². The van der Waals surface area contributed by atoms with E-state index >= 15 is 0 Å². The second-order valence-electron chi connectivity index (χ2n) is 5.73. The first-order valence-electron chi connectivity index (χ1n) is 8.15. The number of ether oxygens (including phenoxy) is 1. The Labute approximate surface area is 166 Å². The average molecular weight is 404 g/mol. The van der Waals surface area contributed by atoms with Crippen LogP contribution in [0.2, 0.25) is 5.02 Å². The lowest BCUT2D eigenvalue weighted by atomic mass is 10.2. The van der Waals surface area contributed by atoms with Crippen molar-refractivity contribution in [3.63, 3.8) is 0 Å². The molecule has 140 valence electrons. The highest BCUT2D eigenvalue weighted by molar-refractivity contribution is 8.00. The summed E-state index contributed by atoms with van der Waals surface area (Å²) in [6, 6.07) is 12.7. The van der Waals surface area contributed by atoms with Crippen LogP contribution < -0.4 is 10.1 Å². The fourth-order valence-electron chi connectivity index (χ4n) is 2.33. The zero-order valence-electron chi connectivity index (χ0n) is 15.0. The highest BCUT2D eigenvalue weighted by atomic mass is 35.5. The molecule has 0 aliphatic heterocycles. The van der Waals surface area contributed by atoms with Crippen molar-refractivity contribution in [1.29, 1.82) is 0 Å². The van der Waals surface area contributed by atoms with E-state index in [1.54, 1.807) is 30.8 Å². The molecule has 3 aromatic rings. The van der Waals surface area contributed by atoms with Crippen LogP contribution in [0.1, 0.15) is 12.5 Å². The summed E-state index contributed by atoms with van der Waals surface area (Å²) in [6.07, 6.45) is 0. The van der Waals surface area contributed by atoms with Crippen LogP contribution in [0.25, 0.3) is 5.69 Å². The summed E-state index contributed by atoms with van der Waals surface area (Å²) in [5, 5.41) is 15.4. The Morgan fingerprint density at radius 3 is 2.70 bits per heavy atom. The normalized spacial score (nSPS) is 11.9. The van der Waals surface area contributed by atoms with Gasteiger partial charge in [-0.05, 0) is 66.2 Å². The van der Waals surface area contributed by atoms with Crippen LogP contribution in [0.3, 0.4) is 0 Å². The molecule has 0 saturated heterocycles. The number of anilines is 1. The highest BCUT2D eigenvalue weighted by Gasteiger charge is 2.20. The highest BCUT2D eigenvalue weighted by Crippen LogP contribution is 2.27. The first-order valence-corrected chi connectivity index (χ1v) is 9.41. The van der Waals surface area contributed by atoms with Crippen molar-refractivity contribution in [2.24, 2.45) is 0 Å². The summed E-state index contributed by atoms with van der Waals surface area (Å²) in [5.41, 5.74) is 2.30. The molecule has 7 nitrogen and oxygen atoms in total. The number of nitrogens with zero attached hydrogens (tertiary/aromatic N) is 4. The Kier molecular flexibility index (Phi) is 5.98. The molecule has 9 heteroatoms. The maximum absolute atomic E-state index is 12.6. The summed E-state index contributed by atoms with van der Waals surface area (Å²) in [4.78, 5) is 12.6. The number of amides is 1. The van der Waals surface area contributed by atoms with Crippen LogP contribution in [0.15, 0.2) is 47.6 Å². The Balaban J connectivity index is 1.72. The maximum Gasteiger partial charge on any atom is 0.237 e. The fourth-order valence-corrected chi connectivity index (χ4v) is 3.31. The minimum Gasteiger partial charge on any atom is -0.497 e. The van der Waals surface area contributed by atoms with Gasteiger partial charge in [0.05, 0.1) is 18.0 Å². The van der Waals surface area contributed by atoms with Crippen LogP contribution >= 0.6 is 23.4 Å². The van der Waals surface area contributed by atoms with E-state index in [1.807, 2.05) is 37.3 Å². The topological polar surface area (TPSA) is 81.9 Å². The van der Waals surface area contributed by atoms with Gasteiger partial charge in [0, 0.05) is 10.7 Å². The molecular formula is C18H18ClN5O2S. The van der Waals surface area contributed by atoms with E-state index in [2.05, 4.69) is 20.8 Å². The van der Waals surface area contributed by atoms with Gasteiger partial charge in [-0.25, -0.2) is 0 Å². The van der Waals surface area contributed by atoms with Gasteiger partial charge >= 0.3 is 0 Å². The average Bonchev–Trinajstić information content (AvgIpc) is 3.13. The number of carbonyl (C=O) groups excluding carboxylic acids is 1. The number of carbonyl (C=O) groups is 1. The van der Waals surface area contributed by atoms with Gasteiger partial charge in [-0.3, -0.25) is 4.79 Å². The molecule has 0 spiro atoms. The Morgan fingerprint density at radius 1 is 1.26 bits per heavy atom. The molecule has 0 bridgehead atoms. The number of hydrogen-bond acceptors (Lipinski definition) is 6. The molecule has 1 amide bonds. The Bertz CT molecular complexity index is 945. The van der Waals surface area contributed by atoms with Gasteiger partial charge in [0.25, 0.3) is 0 Å². The lowest BCUT2D eigenvalue weighted by Gasteiger charge is -2.14. The number of hydrogen-bond donors (Lipinski definition) is 1. The predicted octanol–water partition coefficient (Wildman–Crippen LogP) is 3.75. The minimum absolute atomic E-state index is 0.158. The molecule has 0 fully saturated rings. The number of benzene rings is 2. The smallest absolute Gasteiger partial charge is 0.237 e. The van der Waals surface area contributed by atoms with E-state index in [0.29, 0.717) is 15.9 Å². The zero-order valence-corrected chi connectivity index (χ0v) is 16.6. The van der Waals surface area contributed by atoms with E-state index in [1.165, 1.54) is 11.8 Å². The molecule has 0 saturated carbocycles. The molecule has 1 atom stereocenters. The monoisotopic (exact) mass is 403 g/mol. The van der Waals surface area contributed by atoms with Crippen molar-refractivity contribution < 1.29 is 9.53 Å². The summed E-state index contributed by atoms with van der Waals surface area (Å²) < 4.78 is 6.74. The number of rotatable bonds is 6. The summed E-state index contributed by atoms with van der Waals surface area (Å²) in [7, 11) is 1.61. The van der Waals surface area contributed by atoms with E-state index in [0.717, 1.165) is 17.0 Å². The van der Waals surface area contributed by atoms with Crippen molar-refractivity contribution in [2.45, 2.75) is 24.3 Å². The number of thioether (sulfide) groups is 1. The molecular weight excluding hydrogens is 386 g/mol. The molecule has 0 aliphatic rings. The third-order valence-electron chi connectivity index (χ3n) is 3.93. The van der Waals surface area contributed by atoms with Gasteiger partial charge in [0.15, 0.2) is 0 Å². The van der Waals surface area contributed by atoms with Crippen LogP contribution in [-0.4, -0.2) is 38.5 Å². The lowest BCUT2D eigenvalue weighted by molar-refractivity contribution is -0.115. The maximum atomic E-state index is 12.6. The van der Waals surface area contributed by atoms with Gasteiger partial charge in [0.1, 0.15) is 5.75 Å². The van der Waals surface area contributed by atoms with Crippen molar-refractivity contribution in [1.82, 2.24) is 20.2 Å². The Morgan fingerprint density at radius 2 is 2.00 bits per heavy atom. The van der Waals surface area contributed by atoms with Gasteiger partial charge < -0.3 is 10.1 Å². The number of nitrogens with one attached hydrogen (secondary N) is 1. The third-order valence-corrected chi connectivity index (χ3v) is 5.38. The lowest BCUT2D eigenvalue weighted by Crippen LogP contribution is -2.23. The SMILES string of the molecule is COc1ccc(-n2nnnc2SC(C)C(=O)Nc2cccc(Cl)c2C)cc1. The molecule has 0 radical (unpaired) electrons. The minimum atomic E-state index is -0.411. The largest absolute Gasteiger partial charge is 0.497 e. The molecule has 2 aromatic carbocycles. The number of halogens is 1. The standard InChI is InChI=1S/C18H18ClN5O2S/c1-11-15(19)5-4-6-16(11)20-17(25)12(2)27-18-21-22-23-24(18)13-7-9-14(26-3)10-8-13/h4-10,12H,1-3H3,(H,20,25). The van der Waals surface area contributed by atoms with Crippen LogP contribution in [0.5, 0.6) is 5.75 Å². The molecule has 3 rings (SSSR count). The third kappa shape index (κ3) is 4.40. The number of aromatic nitrogens is 4. The first-order chi connectivity index (χ1) is 13.0. The molecule has 1 aromatic heterocycles. The summed E-state index contributed by atoms with van der Waals surface area (Å²) >= 11 is 7.38. The van der Waals surface area contributed by atoms with E-state index < -0.39 is 5.25 Å². The van der Waals surface area contributed by atoms with Gasteiger partial charge in [-0.2, -0.15) is 4.68 Å². The van der Waals surface area contributed by atoms with Crippen LogP contribution in [0, 0.1) is 6.92 Å². The number of methoxy groups -OCH3 is 1. The predicted molar refractivity (Wildman–Crippen MR) is 106 cm³/mol. The van der Waals surface area contributed by atoms with Crippen LogP contribution in [-0.2, 0) is 4.79 Å². The van der Waals surface area contributed by atoms with Gasteiger partial charge in [-0.1, -0.05) is 29.4 Å². The van der Waals surface area contributed by atoms with Crippen molar-refractivity contribution in [2.75, 3.05) is 12.4 Å². The van der Waals surface area contributed by atoms with Crippen molar-refractivity contribution in [3.8, 4) is 11.4 Å². The van der Waals surface area contributed by atoms with E-state index in [-0.39, 0.29) is 5.91 Å². The fraction of sp³-hybridized carbons (Fsp3) is 0.222. The van der Waals surface area contributed by atoms with E-state index in [9.17, 15) is 4.79 Å². The second kappa shape index (κ2) is 8.41. The summed E-state index contributed by atoms with van der Waals surface area (Å²) in [6.45, 7) is 3.66. The second-order valence-corrected chi connectivity index (χ2v) is 7.45. The molecule has 1 N–H and O–H groups in total. The van der Waals surface area contributed by atoms with Crippen molar-refractivity contribution in [3.05, 3.63) is 53.1 Å². The van der Waals surface area contributed by atoms with Gasteiger partial charge in [0.2, 0.25) is 11.1 Å². The molecule has 0 aliphatic carbocycles. The van der Waals surface area contributed by atoms with Crippen molar-refractivity contribution >= 4 is 35.0 Å². The Hall–Kier alpha value is -2.58. The van der Waals surface area contributed by atoms with Crippen LogP contribution in [0.4, 0.5) is 5.69 Å². The molecule has 27 heavy (non-hydrogen) atoms. The van der Waals surface area contributed by atoms with Gasteiger partial charge in [-0.15, -0.1) is 5.10 Å². The number of tetrazole rings is 1. The molecule has 1 heterocycles. The molecule has 1 unspecified atom stereocenters. The quantitative estimate of drug-likeness (QED) is 0.631.